The first-order valence-electron chi connectivity index (χ1n) is 8.49. The number of ether oxygens (including phenoxy) is 1. The first-order chi connectivity index (χ1) is 13.1. The molecule has 3 N–H and O–H groups in total. The predicted octanol–water partition coefficient (Wildman–Crippen LogP) is 2.55. The van der Waals surface area contributed by atoms with Crippen LogP contribution in [0.1, 0.15) is 17.5 Å². The van der Waals surface area contributed by atoms with Crippen LogP contribution >= 0.6 is 0 Å². The maximum absolute atomic E-state index is 11.8. The van der Waals surface area contributed by atoms with Crippen LogP contribution in [-0.4, -0.2) is 22.6 Å². The number of amides is 1. The highest BCUT2D eigenvalue weighted by Gasteiger charge is 2.02. The molecule has 0 unspecified atom stereocenters. The summed E-state index contributed by atoms with van der Waals surface area (Å²) in [6.45, 7) is 0.668. The third kappa shape index (κ3) is 5.18. The maximum atomic E-state index is 11.8. The summed E-state index contributed by atoms with van der Waals surface area (Å²) in [6, 6.07) is 14.6. The normalized spacial score (nSPS) is 11.0. The van der Waals surface area contributed by atoms with Gasteiger partial charge in [0.1, 0.15) is 6.61 Å². The smallest absolute Gasteiger partial charge is 0.407 e. The van der Waals surface area contributed by atoms with Gasteiger partial charge in [-0.3, -0.25) is 9.78 Å². The van der Waals surface area contributed by atoms with Crippen LogP contribution in [0.2, 0.25) is 0 Å². The molecule has 1 heterocycles. The van der Waals surface area contributed by atoms with E-state index in [9.17, 15) is 14.4 Å². The third-order valence-electron chi connectivity index (χ3n) is 3.87. The fourth-order valence-electron chi connectivity index (χ4n) is 2.54. The molecular formula is C20H19N3O4. The van der Waals surface area contributed by atoms with Gasteiger partial charge in [0.2, 0.25) is 0 Å². The molecule has 2 aromatic carbocycles. The number of nitrogens with one attached hydrogen (secondary N) is 3. The highest BCUT2D eigenvalue weighted by Crippen LogP contribution is 2.10. The second-order valence-corrected chi connectivity index (χ2v) is 5.89. The summed E-state index contributed by atoms with van der Waals surface area (Å²) in [4.78, 5) is 39.5. The number of aromatic amines is 2. The molecule has 138 valence electrons. The molecular weight excluding hydrogens is 346 g/mol. The average molecular weight is 365 g/mol. The molecule has 1 aromatic heterocycles. The Morgan fingerprint density at radius 2 is 1.89 bits per heavy atom. The van der Waals surface area contributed by atoms with Gasteiger partial charge in [-0.05, 0) is 29.7 Å². The van der Waals surface area contributed by atoms with E-state index in [0.29, 0.717) is 23.9 Å². The average Bonchev–Trinajstić information content (AvgIpc) is 2.67. The summed E-state index contributed by atoms with van der Waals surface area (Å²) in [5.74, 6) is 0. The van der Waals surface area contributed by atoms with Crippen molar-refractivity contribution in [3.63, 3.8) is 0 Å². The Hall–Kier alpha value is -3.61. The minimum Gasteiger partial charge on any atom is -0.445 e. The number of carbonyl (C=O) groups excluding carboxylic acids is 1. The summed E-state index contributed by atoms with van der Waals surface area (Å²) in [7, 11) is 0. The molecule has 0 fully saturated rings. The molecule has 0 atom stereocenters. The summed E-state index contributed by atoms with van der Waals surface area (Å²) in [5.41, 5.74) is 1.29. The van der Waals surface area contributed by atoms with Crippen LogP contribution in [-0.2, 0) is 11.3 Å². The van der Waals surface area contributed by atoms with Gasteiger partial charge in [-0.2, -0.15) is 0 Å². The Kier molecular flexibility index (Phi) is 5.84. The van der Waals surface area contributed by atoms with Crippen molar-refractivity contribution in [1.82, 2.24) is 15.3 Å². The minimum atomic E-state index is -0.527. The van der Waals surface area contributed by atoms with Crippen molar-refractivity contribution in [3.05, 3.63) is 86.6 Å². The molecule has 1 amide bonds. The fourth-order valence-corrected chi connectivity index (χ4v) is 2.54. The van der Waals surface area contributed by atoms with Crippen molar-refractivity contribution >= 4 is 23.1 Å². The summed E-state index contributed by atoms with van der Waals surface area (Å²) >= 11 is 0. The fraction of sp³-hybridized carbons (Fsp3) is 0.150. The molecule has 0 saturated heterocycles. The van der Waals surface area contributed by atoms with Crippen LogP contribution in [0, 0.1) is 0 Å². The molecule has 27 heavy (non-hydrogen) atoms. The Labute approximate surface area is 154 Å². The lowest BCUT2D eigenvalue weighted by Gasteiger charge is -2.05. The molecule has 0 saturated carbocycles. The van der Waals surface area contributed by atoms with E-state index in [2.05, 4.69) is 15.3 Å². The van der Waals surface area contributed by atoms with Gasteiger partial charge in [-0.25, -0.2) is 9.59 Å². The zero-order valence-electron chi connectivity index (χ0n) is 14.5. The largest absolute Gasteiger partial charge is 0.445 e. The molecule has 0 radical (unpaired) electrons. The van der Waals surface area contributed by atoms with E-state index < -0.39 is 17.3 Å². The van der Waals surface area contributed by atoms with E-state index >= 15 is 0 Å². The SMILES string of the molecule is O=C(NCCC=Cc1ccc2[nH]c(=O)[nH]c(=O)c2c1)OCc1ccccc1. The van der Waals surface area contributed by atoms with Crippen LogP contribution in [0.3, 0.4) is 0 Å². The number of H-pyrrole nitrogens is 2. The quantitative estimate of drug-likeness (QED) is 0.584. The second kappa shape index (κ2) is 8.66. The highest BCUT2D eigenvalue weighted by atomic mass is 16.5. The van der Waals surface area contributed by atoms with Crippen molar-refractivity contribution in [3.8, 4) is 0 Å². The van der Waals surface area contributed by atoms with Gasteiger partial charge in [0.25, 0.3) is 5.56 Å². The van der Waals surface area contributed by atoms with Gasteiger partial charge >= 0.3 is 11.8 Å². The minimum absolute atomic E-state index is 0.232. The molecule has 0 bridgehead atoms. The first-order valence-corrected chi connectivity index (χ1v) is 8.49. The van der Waals surface area contributed by atoms with Gasteiger partial charge in [0, 0.05) is 6.54 Å². The van der Waals surface area contributed by atoms with Crippen molar-refractivity contribution in [1.29, 1.82) is 0 Å². The number of hydrogen-bond acceptors (Lipinski definition) is 4. The van der Waals surface area contributed by atoms with E-state index in [1.54, 1.807) is 18.2 Å². The summed E-state index contributed by atoms with van der Waals surface area (Å²) in [6.07, 6.45) is 3.88. The van der Waals surface area contributed by atoms with Gasteiger partial charge in [0.15, 0.2) is 0 Å². The number of aromatic nitrogens is 2. The van der Waals surface area contributed by atoms with Gasteiger partial charge < -0.3 is 15.0 Å². The Bertz CT molecular complexity index is 1070. The van der Waals surface area contributed by atoms with E-state index in [1.165, 1.54) is 0 Å². The number of hydrogen-bond donors (Lipinski definition) is 3. The monoisotopic (exact) mass is 365 g/mol. The van der Waals surface area contributed by atoms with E-state index in [0.717, 1.165) is 11.1 Å². The highest BCUT2D eigenvalue weighted by molar-refractivity contribution is 5.80. The number of benzene rings is 2. The summed E-state index contributed by atoms with van der Waals surface area (Å²) < 4.78 is 5.12. The van der Waals surface area contributed by atoms with Gasteiger partial charge in [-0.1, -0.05) is 48.6 Å². The zero-order valence-corrected chi connectivity index (χ0v) is 14.5. The topological polar surface area (TPSA) is 104 Å². The Balaban J connectivity index is 1.47. The number of fused-ring (bicyclic) bond motifs is 1. The van der Waals surface area contributed by atoms with Crippen molar-refractivity contribution in [2.45, 2.75) is 13.0 Å². The third-order valence-corrected chi connectivity index (χ3v) is 3.87. The standard InChI is InChI=1S/C20H19N3O4/c24-18-16-12-14(9-10-17(16)22-19(25)23-18)6-4-5-11-21-20(26)27-13-15-7-2-1-3-8-15/h1-4,6-10,12H,5,11,13H2,(H,21,26)(H2,22,23,24,25). The Morgan fingerprint density at radius 3 is 2.70 bits per heavy atom. The van der Waals surface area contributed by atoms with Crippen LogP contribution in [0.4, 0.5) is 4.79 Å². The van der Waals surface area contributed by atoms with E-state index in [1.807, 2.05) is 42.5 Å². The lowest BCUT2D eigenvalue weighted by molar-refractivity contribution is 0.140. The van der Waals surface area contributed by atoms with Crippen molar-refractivity contribution in [2.75, 3.05) is 6.54 Å². The lowest BCUT2D eigenvalue weighted by Crippen LogP contribution is -2.24. The molecule has 0 aliphatic heterocycles. The second-order valence-electron chi connectivity index (χ2n) is 5.89. The first kappa shape index (κ1) is 18.2. The zero-order chi connectivity index (χ0) is 19.1. The van der Waals surface area contributed by atoms with E-state index in [-0.39, 0.29) is 6.61 Å². The predicted molar refractivity (Wildman–Crippen MR) is 103 cm³/mol. The van der Waals surface area contributed by atoms with Gasteiger partial charge in [0.05, 0.1) is 10.9 Å². The van der Waals surface area contributed by atoms with E-state index in [4.69, 9.17) is 4.74 Å². The maximum Gasteiger partial charge on any atom is 0.407 e. The lowest BCUT2D eigenvalue weighted by atomic mass is 10.1. The molecule has 0 aliphatic carbocycles. The van der Waals surface area contributed by atoms with Gasteiger partial charge in [-0.15, -0.1) is 0 Å². The van der Waals surface area contributed by atoms with Crippen molar-refractivity contribution < 1.29 is 9.53 Å². The number of alkyl carbamates (subject to hydrolysis) is 1. The number of rotatable bonds is 6. The van der Waals surface area contributed by atoms with Crippen LogP contribution in [0.25, 0.3) is 17.0 Å². The molecule has 7 nitrogen and oxygen atoms in total. The van der Waals surface area contributed by atoms with Crippen LogP contribution < -0.4 is 16.6 Å². The van der Waals surface area contributed by atoms with Crippen LogP contribution in [0.15, 0.2) is 64.2 Å². The van der Waals surface area contributed by atoms with Crippen LogP contribution in [0.5, 0.6) is 0 Å². The molecule has 3 aromatic rings. The molecule has 0 spiro atoms. The molecule has 7 heteroatoms. The molecule has 3 rings (SSSR count). The molecule has 0 aliphatic rings. The Morgan fingerprint density at radius 1 is 1.07 bits per heavy atom. The summed E-state index contributed by atoms with van der Waals surface area (Å²) in [5, 5.41) is 3.09. The number of carbonyl (C=O) groups is 1. The van der Waals surface area contributed by atoms with Crippen molar-refractivity contribution in [2.24, 2.45) is 0 Å².